The number of carbonyl (C=O) groups excluding carboxylic acids is 2. The van der Waals surface area contributed by atoms with E-state index < -0.39 is 96.3 Å². The van der Waals surface area contributed by atoms with E-state index in [1.807, 2.05) is 0 Å². The minimum Gasteiger partial charge on any atom is -0.340 e. The zero-order valence-electron chi connectivity index (χ0n) is 23.2. The third kappa shape index (κ3) is 6.36. The quantitative estimate of drug-likeness (QED) is 0.178. The monoisotopic (exact) mass is 636 g/mol. The van der Waals surface area contributed by atoms with E-state index in [4.69, 9.17) is 0 Å². The van der Waals surface area contributed by atoms with E-state index in [-0.39, 0.29) is 48.4 Å². The van der Waals surface area contributed by atoms with Gasteiger partial charge in [-0.25, -0.2) is 44.7 Å². The van der Waals surface area contributed by atoms with Gasteiger partial charge in [0.05, 0.1) is 17.5 Å². The molecule has 2 aromatic heterocycles. The lowest BCUT2D eigenvalue weighted by Crippen LogP contribution is -2.53. The molecule has 3 N–H and O–H groups in total. The van der Waals surface area contributed by atoms with Crippen molar-refractivity contribution >= 4 is 22.8 Å². The van der Waals surface area contributed by atoms with Crippen LogP contribution in [-0.2, 0) is 4.79 Å². The van der Waals surface area contributed by atoms with E-state index in [1.165, 1.54) is 18.3 Å². The van der Waals surface area contributed by atoms with Crippen LogP contribution in [0.3, 0.4) is 0 Å². The van der Waals surface area contributed by atoms with Gasteiger partial charge in [0.2, 0.25) is 24.0 Å². The number of benzene rings is 1. The van der Waals surface area contributed by atoms with Crippen molar-refractivity contribution in [2.24, 2.45) is 11.8 Å². The number of imidazole rings is 1. The number of halogens is 8. The van der Waals surface area contributed by atoms with Crippen LogP contribution in [0.15, 0.2) is 16.8 Å². The topological polar surface area (TPSA) is 126 Å². The van der Waals surface area contributed by atoms with E-state index in [1.54, 1.807) is 0 Å². The Bertz CT molecular complexity index is 1510. The van der Waals surface area contributed by atoms with Gasteiger partial charge in [-0.3, -0.25) is 9.59 Å². The van der Waals surface area contributed by atoms with Crippen molar-refractivity contribution in [3.8, 4) is 0 Å². The summed E-state index contributed by atoms with van der Waals surface area (Å²) in [5.74, 6) is -13.8. The Morgan fingerprint density at radius 2 is 1.80 bits per heavy atom. The second kappa shape index (κ2) is 12.0. The predicted octanol–water partition coefficient (Wildman–Crippen LogP) is 5.89. The van der Waals surface area contributed by atoms with Gasteiger partial charge < -0.3 is 15.6 Å². The van der Waals surface area contributed by atoms with E-state index >= 15 is 4.39 Å². The molecular weight excluding hydrogens is 608 g/mol. The van der Waals surface area contributed by atoms with Gasteiger partial charge >= 0.3 is 0 Å². The van der Waals surface area contributed by atoms with Gasteiger partial charge in [-0.1, -0.05) is 11.2 Å². The molecule has 17 heteroatoms. The maximum atomic E-state index is 15.9. The largest absolute Gasteiger partial charge is 0.340 e. The molecule has 0 aliphatic heterocycles. The first-order chi connectivity index (χ1) is 20.7. The molecule has 2 fully saturated rings. The second-order valence-corrected chi connectivity index (χ2v) is 11.3. The lowest BCUT2D eigenvalue weighted by molar-refractivity contribution is -0.137. The fraction of sp³-hybridized carbons (Fsp3) is 0.593. The highest BCUT2D eigenvalue weighted by molar-refractivity contribution is 5.93. The van der Waals surface area contributed by atoms with Gasteiger partial charge in [0.15, 0.2) is 11.5 Å². The standard InChI is InChI=1S/C27H28F8N6O3/c1-11-19(41-44-40-11)24(43)38-20(12-6-8-26(33,34)9-7-12)22-36-16-5-4-14(18(30)21(16)37-22)15(10-17(28)29)23(42)39-27(35,25(31)32)13-2-3-13/h4-5,12-13,15,17,20,25H,2-3,6-10H2,1H3,(H,36,37)(H,38,43)(H,39,42)/t15?,20-,27?/m0/s1. The van der Waals surface area contributed by atoms with Crippen LogP contribution in [0.25, 0.3) is 11.0 Å². The highest BCUT2D eigenvalue weighted by Gasteiger charge is 2.55. The number of nitrogens with one attached hydrogen (secondary N) is 3. The van der Waals surface area contributed by atoms with E-state index in [9.17, 15) is 40.3 Å². The zero-order chi connectivity index (χ0) is 32.0. The van der Waals surface area contributed by atoms with Gasteiger partial charge in [-0.05, 0) is 49.7 Å². The summed E-state index contributed by atoms with van der Waals surface area (Å²) in [6.07, 6.45) is -9.04. The summed E-state index contributed by atoms with van der Waals surface area (Å²) in [4.78, 5) is 32.9. The average molecular weight is 637 g/mol. The number of nitrogens with zero attached hydrogens (tertiary/aromatic N) is 3. The van der Waals surface area contributed by atoms with E-state index in [0.29, 0.717) is 0 Å². The highest BCUT2D eigenvalue weighted by atomic mass is 19.3. The molecule has 2 unspecified atom stereocenters. The van der Waals surface area contributed by atoms with Gasteiger partial charge in [0.1, 0.15) is 17.0 Å². The fourth-order valence-corrected chi connectivity index (χ4v) is 5.61. The summed E-state index contributed by atoms with van der Waals surface area (Å²) in [6, 6.07) is 1.11. The van der Waals surface area contributed by atoms with Crippen LogP contribution in [0.1, 0.15) is 84.5 Å². The van der Waals surface area contributed by atoms with Crippen molar-refractivity contribution in [2.45, 2.75) is 88.4 Å². The Balaban J connectivity index is 1.49. The van der Waals surface area contributed by atoms with Gasteiger partial charge in [0.25, 0.3) is 12.3 Å². The SMILES string of the molecule is Cc1nonc1C(=O)N[C@H](c1nc2c(F)c(C(CC(F)F)C(=O)NC(F)(C(F)F)C3CC3)ccc2[nH]1)C1CCC(F)(F)CC1. The van der Waals surface area contributed by atoms with Crippen molar-refractivity contribution in [2.75, 3.05) is 0 Å². The smallest absolute Gasteiger partial charge is 0.290 e. The summed E-state index contributed by atoms with van der Waals surface area (Å²) in [5, 5.41) is 11.2. The Labute approximate surface area is 244 Å². The predicted molar refractivity (Wildman–Crippen MR) is 136 cm³/mol. The molecule has 9 nitrogen and oxygen atoms in total. The number of alkyl halides is 7. The molecule has 240 valence electrons. The summed E-state index contributed by atoms with van der Waals surface area (Å²) in [7, 11) is 0. The molecule has 5 rings (SSSR count). The number of fused-ring (bicyclic) bond motifs is 1. The first-order valence-electron chi connectivity index (χ1n) is 13.9. The number of aromatic amines is 1. The third-order valence-corrected chi connectivity index (χ3v) is 8.23. The first kappa shape index (κ1) is 31.6. The fourth-order valence-electron chi connectivity index (χ4n) is 5.61. The number of aryl methyl sites for hydroxylation is 1. The minimum atomic E-state index is -3.64. The Kier molecular flexibility index (Phi) is 8.59. The number of hydrogen-bond donors (Lipinski definition) is 3. The first-order valence-corrected chi connectivity index (χ1v) is 13.9. The number of aromatic nitrogens is 4. The van der Waals surface area contributed by atoms with Crippen LogP contribution >= 0.6 is 0 Å². The number of amides is 2. The molecule has 0 saturated heterocycles. The maximum Gasteiger partial charge on any atom is 0.290 e. The molecule has 3 atom stereocenters. The Hall–Kier alpha value is -3.79. The highest BCUT2D eigenvalue weighted by Crippen LogP contribution is 2.45. The van der Waals surface area contributed by atoms with Crippen molar-refractivity contribution in [1.82, 2.24) is 30.9 Å². The molecular formula is C27H28F8N6O3. The van der Waals surface area contributed by atoms with Crippen LogP contribution in [0.4, 0.5) is 35.1 Å². The van der Waals surface area contributed by atoms with Crippen LogP contribution in [0, 0.1) is 24.6 Å². The number of carbonyl (C=O) groups is 2. The molecule has 2 amide bonds. The number of hydrogen-bond acceptors (Lipinski definition) is 6. The summed E-state index contributed by atoms with van der Waals surface area (Å²) in [5.41, 5.74) is -1.12. The molecule has 2 aliphatic carbocycles. The van der Waals surface area contributed by atoms with Gasteiger partial charge in [-0.15, -0.1) is 0 Å². The third-order valence-electron chi connectivity index (χ3n) is 8.23. The Morgan fingerprint density at radius 3 is 2.36 bits per heavy atom. The molecule has 3 aromatic rings. The Morgan fingerprint density at radius 1 is 1.11 bits per heavy atom. The number of H-pyrrole nitrogens is 1. The summed E-state index contributed by atoms with van der Waals surface area (Å²) in [6.45, 7) is 1.45. The second-order valence-electron chi connectivity index (χ2n) is 11.3. The maximum absolute atomic E-state index is 15.9. The molecule has 0 bridgehead atoms. The van der Waals surface area contributed by atoms with Crippen molar-refractivity contribution in [3.63, 3.8) is 0 Å². The van der Waals surface area contributed by atoms with Crippen molar-refractivity contribution in [3.05, 3.63) is 40.7 Å². The van der Waals surface area contributed by atoms with Gasteiger partial charge in [-0.2, -0.15) is 0 Å². The van der Waals surface area contributed by atoms with Crippen molar-refractivity contribution in [1.29, 1.82) is 0 Å². The van der Waals surface area contributed by atoms with Crippen LogP contribution in [0.2, 0.25) is 0 Å². The molecule has 1 aromatic carbocycles. The summed E-state index contributed by atoms with van der Waals surface area (Å²) >= 11 is 0. The van der Waals surface area contributed by atoms with Crippen LogP contribution in [0.5, 0.6) is 0 Å². The molecule has 44 heavy (non-hydrogen) atoms. The molecule has 2 aliphatic rings. The lowest BCUT2D eigenvalue weighted by Gasteiger charge is -2.33. The minimum absolute atomic E-state index is 0.00234. The summed E-state index contributed by atoms with van der Waals surface area (Å²) < 4.78 is 117. The number of rotatable bonds is 11. The zero-order valence-corrected chi connectivity index (χ0v) is 23.2. The molecule has 2 heterocycles. The van der Waals surface area contributed by atoms with E-state index in [0.717, 1.165) is 6.07 Å². The average Bonchev–Trinajstić information content (AvgIpc) is 3.59. The molecule has 2 saturated carbocycles. The molecule has 0 radical (unpaired) electrons. The van der Waals surface area contributed by atoms with Crippen LogP contribution in [-0.4, -0.2) is 56.7 Å². The normalized spacial score (nSPS) is 20.1. The lowest BCUT2D eigenvalue weighted by atomic mass is 9.81. The van der Waals surface area contributed by atoms with E-state index in [2.05, 4.69) is 30.2 Å². The van der Waals surface area contributed by atoms with Crippen molar-refractivity contribution < 1.29 is 49.3 Å². The van der Waals surface area contributed by atoms with Crippen LogP contribution < -0.4 is 10.6 Å². The van der Waals surface area contributed by atoms with Gasteiger partial charge in [0, 0.05) is 30.7 Å². The molecule has 0 spiro atoms.